The van der Waals surface area contributed by atoms with Crippen LogP contribution >= 0.6 is 11.3 Å². The molecule has 1 aliphatic rings. The van der Waals surface area contributed by atoms with Gasteiger partial charge in [0.25, 0.3) is 0 Å². The van der Waals surface area contributed by atoms with Crippen molar-refractivity contribution >= 4 is 44.5 Å². The number of aliphatic hydroxyl groups is 1. The number of primary amides is 1. The average molecular weight is 729 g/mol. The number of carbonyl (C=O) groups is 2. The SMILES string of the molecule is CC(C)CN(C[C@H](O)[C@@H](Cc1ccccc1)C(C(N)=O)(C(C)C)N1CCN(Cc2csc([N+](=O)[O-])c2)C1=O)S(=O)(=O)c1ccc(C=NO)cc1. The first-order valence-corrected chi connectivity index (χ1v) is 18.5. The van der Waals surface area contributed by atoms with E-state index in [0.717, 1.165) is 16.9 Å². The van der Waals surface area contributed by atoms with Gasteiger partial charge in [-0.3, -0.25) is 14.9 Å². The summed E-state index contributed by atoms with van der Waals surface area (Å²) in [6.45, 7) is 7.18. The van der Waals surface area contributed by atoms with E-state index >= 15 is 0 Å². The number of oxime groups is 1. The minimum atomic E-state index is -4.18. The highest BCUT2D eigenvalue weighted by molar-refractivity contribution is 7.89. The van der Waals surface area contributed by atoms with Gasteiger partial charge in [-0.25, -0.2) is 13.2 Å². The molecule has 16 heteroatoms. The molecule has 4 N–H and O–H groups in total. The molecule has 2 heterocycles. The van der Waals surface area contributed by atoms with E-state index in [1.807, 2.05) is 44.2 Å². The molecule has 3 atom stereocenters. The van der Waals surface area contributed by atoms with Gasteiger partial charge in [-0.05, 0) is 47.1 Å². The van der Waals surface area contributed by atoms with Crippen LogP contribution in [0.4, 0.5) is 9.80 Å². The standard InChI is InChI=1S/C34H44N6O8S2/c1-23(2)19-38(50(47,48)28-12-10-26(11-13-28)18-36-44)21-30(41)29(16-25-8-6-5-7-9-25)34(24(3)4,32(35)42)39-15-14-37(33(39)43)20-27-17-31(40(45)46)49-22-27/h5-13,17-18,22-24,29-30,41,44H,14-16,19-21H2,1-4H3,(H2,35,42)/t29-,30+,34?/m1/s1. The van der Waals surface area contributed by atoms with E-state index in [2.05, 4.69) is 5.16 Å². The minimum absolute atomic E-state index is 0.0379. The molecular formula is C34H44N6O8S2. The van der Waals surface area contributed by atoms with Crippen LogP contribution in [0.2, 0.25) is 0 Å². The van der Waals surface area contributed by atoms with Crippen molar-refractivity contribution in [1.82, 2.24) is 14.1 Å². The number of nitrogens with zero attached hydrogens (tertiary/aromatic N) is 5. The number of nitro groups is 1. The summed E-state index contributed by atoms with van der Waals surface area (Å²) >= 11 is 0.954. The first-order valence-electron chi connectivity index (χ1n) is 16.2. The highest BCUT2D eigenvalue weighted by Crippen LogP contribution is 2.41. The summed E-state index contributed by atoms with van der Waals surface area (Å²) in [6.07, 6.45) is -0.213. The summed E-state index contributed by atoms with van der Waals surface area (Å²) in [5.74, 6) is -2.65. The second-order valence-corrected chi connectivity index (χ2v) is 16.0. The maximum absolute atomic E-state index is 14.2. The van der Waals surface area contributed by atoms with Gasteiger partial charge in [0, 0.05) is 50.1 Å². The third kappa shape index (κ3) is 8.15. The normalized spacial score (nSPS) is 16.4. The fourth-order valence-corrected chi connectivity index (χ4v) is 9.12. The third-order valence-electron chi connectivity index (χ3n) is 9.02. The van der Waals surface area contributed by atoms with Gasteiger partial charge in [0.15, 0.2) is 0 Å². The second kappa shape index (κ2) is 16.1. The Labute approximate surface area is 296 Å². The van der Waals surface area contributed by atoms with E-state index in [9.17, 15) is 33.2 Å². The number of rotatable bonds is 17. The smallest absolute Gasteiger partial charge is 0.324 e. The molecule has 1 unspecified atom stereocenters. The third-order valence-corrected chi connectivity index (χ3v) is 11.8. The summed E-state index contributed by atoms with van der Waals surface area (Å²) in [6, 6.07) is 15.7. The fourth-order valence-electron chi connectivity index (χ4n) is 6.78. The molecule has 1 aliphatic heterocycles. The Bertz CT molecular complexity index is 1780. The monoisotopic (exact) mass is 728 g/mol. The molecule has 0 bridgehead atoms. The number of hydrogen-bond acceptors (Lipinski definition) is 10. The van der Waals surface area contributed by atoms with Crippen LogP contribution < -0.4 is 5.73 Å². The van der Waals surface area contributed by atoms with E-state index in [1.54, 1.807) is 19.2 Å². The van der Waals surface area contributed by atoms with Gasteiger partial charge in [-0.1, -0.05) is 86.7 Å². The van der Waals surface area contributed by atoms with Crippen molar-refractivity contribution in [3.63, 3.8) is 0 Å². The molecular weight excluding hydrogens is 685 g/mol. The number of nitrogens with two attached hydrogens (primary N) is 1. The lowest BCUT2D eigenvalue weighted by atomic mass is 9.68. The van der Waals surface area contributed by atoms with Gasteiger partial charge in [-0.2, -0.15) is 4.31 Å². The maximum Gasteiger partial charge on any atom is 0.324 e. The molecule has 270 valence electrons. The lowest BCUT2D eigenvalue weighted by molar-refractivity contribution is -0.380. The number of sulfonamides is 1. The maximum atomic E-state index is 14.2. The Kier molecular flexibility index (Phi) is 12.4. The molecule has 1 saturated heterocycles. The second-order valence-electron chi connectivity index (χ2n) is 13.1. The number of urea groups is 1. The van der Waals surface area contributed by atoms with Crippen LogP contribution in [0.3, 0.4) is 0 Å². The van der Waals surface area contributed by atoms with Crippen molar-refractivity contribution in [3.8, 4) is 0 Å². The summed E-state index contributed by atoms with van der Waals surface area (Å²) in [5.41, 5.74) is 6.30. The Morgan fingerprint density at radius 3 is 2.30 bits per heavy atom. The highest BCUT2D eigenvalue weighted by atomic mass is 32.2. The van der Waals surface area contributed by atoms with Crippen LogP contribution in [0.1, 0.15) is 44.4 Å². The molecule has 0 radical (unpaired) electrons. The molecule has 14 nitrogen and oxygen atoms in total. The summed E-state index contributed by atoms with van der Waals surface area (Å²) < 4.78 is 29.3. The van der Waals surface area contributed by atoms with Crippen molar-refractivity contribution < 1.29 is 33.2 Å². The number of benzene rings is 2. The van der Waals surface area contributed by atoms with Crippen LogP contribution in [0.5, 0.6) is 0 Å². The van der Waals surface area contributed by atoms with Crippen molar-refractivity contribution in [3.05, 3.63) is 92.8 Å². The zero-order valence-corrected chi connectivity index (χ0v) is 30.1. The Hall–Kier alpha value is -4.38. The van der Waals surface area contributed by atoms with E-state index < -0.39 is 56.9 Å². The van der Waals surface area contributed by atoms with Gasteiger partial charge in [0.1, 0.15) is 5.54 Å². The lowest BCUT2D eigenvalue weighted by Crippen LogP contribution is -2.69. The average Bonchev–Trinajstić information content (AvgIpc) is 3.68. The van der Waals surface area contributed by atoms with Gasteiger partial charge in [0.05, 0.1) is 22.1 Å². The number of carbonyl (C=O) groups excluding carboxylic acids is 2. The molecule has 3 amide bonds. The largest absolute Gasteiger partial charge is 0.411 e. The Morgan fingerprint density at radius 2 is 1.76 bits per heavy atom. The molecule has 0 spiro atoms. The first kappa shape index (κ1) is 38.4. The molecule has 2 aromatic carbocycles. The predicted molar refractivity (Wildman–Crippen MR) is 189 cm³/mol. The van der Waals surface area contributed by atoms with Crippen molar-refractivity contribution in [2.24, 2.45) is 28.6 Å². The molecule has 50 heavy (non-hydrogen) atoms. The highest BCUT2D eigenvalue weighted by Gasteiger charge is 2.58. The van der Waals surface area contributed by atoms with Gasteiger partial charge in [0.2, 0.25) is 15.9 Å². The molecule has 4 rings (SSSR count). The van der Waals surface area contributed by atoms with Crippen LogP contribution in [-0.2, 0) is 27.8 Å². The molecule has 1 aromatic heterocycles. The van der Waals surface area contributed by atoms with E-state index in [-0.39, 0.29) is 48.4 Å². The molecule has 1 fully saturated rings. The van der Waals surface area contributed by atoms with Crippen LogP contribution in [0.15, 0.2) is 76.1 Å². The molecule has 0 saturated carbocycles. The van der Waals surface area contributed by atoms with E-state index in [0.29, 0.717) is 11.1 Å². The number of thiophene rings is 1. The van der Waals surface area contributed by atoms with E-state index in [1.165, 1.54) is 50.7 Å². The van der Waals surface area contributed by atoms with Crippen molar-refractivity contribution in [2.45, 2.75) is 57.2 Å². The quantitative estimate of drug-likeness (QED) is 0.0797. The van der Waals surface area contributed by atoms with Crippen LogP contribution in [0, 0.1) is 27.9 Å². The minimum Gasteiger partial charge on any atom is -0.411 e. The van der Waals surface area contributed by atoms with Crippen LogP contribution in [-0.4, -0.2) is 93.7 Å². The Morgan fingerprint density at radius 1 is 1.10 bits per heavy atom. The number of amides is 3. The van der Waals surface area contributed by atoms with Gasteiger partial charge >= 0.3 is 11.0 Å². The Balaban J connectivity index is 1.76. The van der Waals surface area contributed by atoms with Crippen LogP contribution in [0.25, 0.3) is 0 Å². The lowest BCUT2D eigenvalue weighted by Gasteiger charge is -2.49. The summed E-state index contributed by atoms with van der Waals surface area (Å²) in [7, 11) is -4.18. The first-order chi connectivity index (χ1) is 23.6. The number of aliphatic hydroxyl groups excluding tert-OH is 1. The number of hydrogen-bond donors (Lipinski definition) is 3. The zero-order valence-electron chi connectivity index (χ0n) is 28.5. The summed E-state index contributed by atoms with van der Waals surface area (Å²) in [4.78, 5) is 41.7. The van der Waals surface area contributed by atoms with Crippen molar-refractivity contribution in [1.29, 1.82) is 0 Å². The van der Waals surface area contributed by atoms with E-state index in [4.69, 9.17) is 10.9 Å². The zero-order chi connectivity index (χ0) is 36.8. The molecule has 3 aromatic rings. The molecule has 0 aliphatic carbocycles. The van der Waals surface area contributed by atoms with Crippen molar-refractivity contribution in [2.75, 3.05) is 26.2 Å². The summed E-state index contributed by atoms with van der Waals surface area (Å²) in [5, 5.41) is 36.9. The fraction of sp³-hybridized carbons (Fsp3) is 0.441. The van der Waals surface area contributed by atoms with Gasteiger partial charge in [-0.15, -0.1) is 0 Å². The predicted octanol–water partition coefficient (Wildman–Crippen LogP) is 4.15. The topological polar surface area (TPSA) is 200 Å². The van der Waals surface area contributed by atoms with Gasteiger partial charge < -0.3 is 25.8 Å².